The maximum absolute atomic E-state index is 12.1. The van der Waals surface area contributed by atoms with Crippen molar-refractivity contribution in [3.8, 4) is 11.5 Å². The van der Waals surface area contributed by atoms with Crippen molar-refractivity contribution in [2.75, 3.05) is 20.3 Å². The van der Waals surface area contributed by atoms with E-state index in [0.29, 0.717) is 18.1 Å². The molecule has 0 aliphatic rings. The molecule has 0 heterocycles. The van der Waals surface area contributed by atoms with Crippen LogP contribution in [0.4, 0.5) is 0 Å². The summed E-state index contributed by atoms with van der Waals surface area (Å²) in [5.74, 6) is -1.04. The van der Waals surface area contributed by atoms with Gasteiger partial charge in [0.15, 0.2) is 6.61 Å². The SMILES string of the molecule is CCCCOc1ccc(C(=O)OCC(=O)NC(=O)c2ccccc2OC)cc1. The second kappa shape index (κ2) is 10.7. The molecule has 0 aliphatic carbocycles. The summed E-state index contributed by atoms with van der Waals surface area (Å²) in [6.07, 6.45) is 1.98. The van der Waals surface area contributed by atoms with Crippen LogP contribution in [-0.2, 0) is 9.53 Å². The van der Waals surface area contributed by atoms with Crippen molar-refractivity contribution in [2.24, 2.45) is 0 Å². The number of esters is 1. The van der Waals surface area contributed by atoms with Gasteiger partial charge < -0.3 is 14.2 Å². The molecule has 0 saturated heterocycles. The van der Waals surface area contributed by atoms with Crippen molar-refractivity contribution >= 4 is 17.8 Å². The average Bonchev–Trinajstić information content (AvgIpc) is 2.72. The number of nitrogens with one attached hydrogen (secondary N) is 1. The number of amides is 2. The van der Waals surface area contributed by atoms with E-state index in [4.69, 9.17) is 14.2 Å². The minimum atomic E-state index is -0.733. The Labute approximate surface area is 163 Å². The molecule has 2 aromatic rings. The molecule has 148 valence electrons. The smallest absolute Gasteiger partial charge is 0.338 e. The Balaban J connectivity index is 1.83. The van der Waals surface area contributed by atoms with Crippen LogP contribution < -0.4 is 14.8 Å². The Morgan fingerprint density at radius 3 is 2.39 bits per heavy atom. The lowest BCUT2D eigenvalue weighted by atomic mass is 10.2. The minimum Gasteiger partial charge on any atom is -0.496 e. The number of methoxy groups -OCH3 is 1. The highest BCUT2D eigenvalue weighted by Crippen LogP contribution is 2.17. The molecule has 0 atom stereocenters. The average molecular weight is 385 g/mol. The summed E-state index contributed by atoms with van der Waals surface area (Å²) in [5, 5.41) is 2.16. The summed E-state index contributed by atoms with van der Waals surface area (Å²) < 4.78 is 15.5. The van der Waals surface area contributed by atoms with Gasteiger partial charge in [-0.05, 0) is 42.8 Å². The van der Waals surface area contributed by atoms with Gasteiger partial charge in [-0.2, -0.15) is 0 Å². The maximum Gasteiger partial charge on any atom is 0.338 e. The van der Waals surface area contributed by atoms with E-state index in [1.54, 1.807) is 42.5 Å². The third-order valence-corrected chi connectivity index (χ3v) is 3.80. The molecule has 0 saturated carbocycles. The lowest BCUT2D eigenvalue weighted by Crippen LogP contribution is -2.34. The normalized spacial score (nSPS) is 10.1. The highest BCUT2D eigenvalue weighted by molar-refractivity contribution is 6.07. The molecule has 7 nitrogen and oxygen atoms in total. The first-order valence-electron chi connectivity index (χ1n) is 8.92. The lowest BCUT2D eigenvalue weighted by molar-refractivity contribution is -0.123. The quantitative estimate of drug-likeness (QED) is 0.527. The Bertz CT molecular complexity index is 816. The summed E-state index contributed by atoms with van der Waals surface area (Å²) in [6.45, 7) is 2.11. The van der Waals surface area contributed by atoms with E-state index in [1.807, 2.05) is 0 Å². The molecule has 0 aliphatic heterocycles. The zero-order valence-electron chi connectivity index (χ0n) is 15.9. The van der Waals surface area contributed by atoms with Crippen LogP contribution in [0.5, 0.6) is 11.5 Å². The largest absolute Gasteiger partial charge is 0.496 e. The molecule has 2 amide bonds. The van der Waals surface area contributed by atoms with E-state index in [-0.39, 0.29) is 11.1 Å². The van der Waals surface area contributed by atoms with Gasteiger partial charge in [0.25, 0.3) is 11.8 Å². The van der Waals surface area contributed by atoms with Crippen molar-refractivity contribution in [2.45, 2.75) is 19.8 Å². The second-order valence-electron chi connectivity index (χ2n) is 5.88. The molecule has 7 heteroatoms. The Morgan fingerprint density at radius 1 is 1.00 bits per heavy atom. The summed E-state index contributed by atoms with van der Waals surface area (Å²) >= 11 is 0. The van der Waals surface area contributed by atoms with Crippen molar-refractivity contribution in [3.63, 3.8) is 0 Å². The molecule has 0 unspecified atom stereocenters. The van der Waals surface area contributed by atoms with Crippen molar-refractivity contribution in [3.05, 3.63) is 59.7 Å². The number of unbranched alkanes of at least 4 members (excludes halogenated alkanes) is 1. The number of para-hydroxylation sites is 1. The van der Waals surface area contributed by atoms with Gasteiger partial charge in [0.2, 0.25) is 0 Å². The number of ether oxygens (including phenoxy) is 3. The molecule has 1 N–H and O–H groups in total. The molecule has 0 aromatic heterocycles. The van der Waals surface area contributed by atoms with Gasteiger partial charge in [-0.25, -0.2) is 4.79 Å². The number of imide groups is 1. The zero-order chi connectivity index (χ0) is 20.4. The first-order valence-corrected chi connectivity index (χ1v) is 8.92. The third-order valence-electron chi connectivity index (χ3n) is 3.80. The minimum absolute atomic E-state index is 0.211. The Hall–Kier alpha value is -3.35. The number of hydrogen-bond acceptors (Lipinski definition) is 6. The fourth-order valence-electron chi connectivity index (χ4n) is 2.30. The van der Waals surface area contributed by atoms with Gasteiger partial charge >= 0.3 is 5.97 Å². The van der Waals surface area contributed by atoms with Crippen LogP contribution in [0.25, 0.3) is 0 Å². The van der Waals surface area contributed by atoms with Crippen LogP contribution in [0, 0.1) is 0 Å². The molecule has 0 bridgehead atoms. The van der Waals surface area contributed by atoms with E-state index in [1.165, 1.54) is 13.2 Å². The lowest BCUT2D eigenvalue weighted by Gasteiger charge is -2.09. The number of hydrogen-bond donors (Lipinski definition) is 1. The van der Waals surface area contributed by atoms with Gasteiger partial charge in [-0.15, -0.1) is 0 Å². The molecule has 2 aromatic carbocycles. The van der Waals surface area contributed by atoms with Gasteiger partial charge in [-0.3, -0.25) is 14.9 Å². The molecule has 0 fully saturated rings. The van der Waals surface area contributed by atoms with Crippen LogP contribution in [0.15, 0.2) is 48.5 Å². The maximum atomic E-state index is 12.1. The van der Waals surface area contributed by atoms with Crippen LogP contribution in [0.2, 0.25) is 0 Å². The van der Waals surface area contributed by atoms with Gasteiger partial charge in [0.1, 0.15) is 11.5 Å². The number of carbonyl (C=O) groups excluding carboxylic acids is 3. The molecule has 28 heavy (non-hydrogen) atoms. The van der Waals surface area contributed by atoms with E-state index >= 15 is 0 Å². The third kappa shape index (κ3) is 6.12. The van der Waals surface area contributed by atoms with Crippen LogP contribution in [0.1, 0.15) is 40.5 Å². The van der Waals surface area contributed by atoms with Crippen molar-refractivity contribution in [1.29, 1.82) is 0 Å². The highest BCUT2D eigenvalue weighted by atomic mass is 16.5. The molecule has 2 rings (SSSR count). The van der Waals surface area contributed by atoms with Gasteiger partial charge in [0.05, 0.1) is 24.8 Å². The zero-order valence-corrected chi connectivity index (χ0v) is 15.9. The molecular formula is C21H23NO6. The fraction of sp³-hybridized carbons (Fsp3) is 0.286. The second-order valence-corrected chi connectivity index (χ2v) is 5.88. The van der Waals surface area contributed by atoms with Gasteiger partial charge in [0, 0.05) is 0 Å². The molecular weight excluding hydrogens is 362 g/mol. The molecule has 0 radical (unpaired) electrons. The van der Waals surface area contributed by atoms with Crippen molar-refractivity contribution < 1.29 is 28.6 Å². The van der Waals surface area contributed by atoms with E-state index in [2.05, 4.69) is 12.2 Å². The Kier molecular flexibility index (Phi) is 8.02. The Morgan fingerprint density at radius 2 is 1.71 bits per heavy atom. The van der Waals surface area contributed by atoms with Crippen LogP contribution in [0.3, 0.4) is 0 Å². The first kappa shape index (κ1) is 21.0. The topological polar surface area (TPSA) is 90.9 Å². The fourth-order valence-corrected chi connectivity index (χ4v) is 2.30. The van der Waals surface area contributed by atoms with Crippen LogP contribution >= 0.6 is 0 Å². The van der Waals surface area contributed by atoms with Gasteiger partial charge in [-0.1, -0.05) is 25.5 Å². The monoisotopic (exact) mass is 385 g/mol. The summed E-state index contributed by atoms with van der Waals surface area (Å²) in [5.41, 5.74) is 0.495. The van der Waals surface area contributed by atoms with E-state index in [9.17, 15) is 14.4 Å². The first-order chi connectivity index (χ1) is 13.5. The van der Waals surface area contributed by atoms with E-state index < -0.39 is 24.4 Å². The summed E-state index contributed by atoms with van der Waals surface area (Å²) in [6, 6.07) is 12.9. The molecule has 0 spiro atoms. The standard InChI is InChI=1S/C21H23NO6/c1-3-4-13-27-16-11-9-15(10-12-16)21(25)28-14-19(23)22-20(24)17-7-5-6-8-18(17)26-2/h5-12H,3-4,13-14H2,1-2H3,(H,22,23,24). The summed E-state index contributed by atoms with van der Waals surface area (Å²) in [4.78, 5) is 36.1. The predicted molar refractivity (Wildman–Crippen MR) is 103 cm³/mol. The number of benzene rings is 2. The highest BCUT2D eigenvalue weighted by Gasteiger charge is 2.16. The number of carbonyl (C=O) groups is 3. The van der Waals surface area contributed by atoms with E-state index in [0.717, 1.165) is 12.8 Å². The van der Waals surface area contributed by atoms with Crippen molar-refractivity contribution in [1.82, 2.24) is 5.32 Å². The number of rotatable bonds is 9. The summed E-state index contributed by atoms with van der Waals surface area (Å²) in [7, 11) is 1.43. The predicted octanol–water partition coefficient (Wildman–Crippen LogP) is 2.99. The van der Waals surface area contributed by atoms with Crippen LogP contribution in [-0.4, -0.2) is 38.1 Å².